The van der Waals surface area contributed by atoms with Gasteiger partial charge in [0.05, 0.1) is 13.1 Å². The first-order valence-corrected chi connectivity index (χ1v) is 8.21. The molecule has 132 valence electrons. The van der Waals surface area contributed by atoms with Gasteiger partial charge in [-0.05, 0) is 26.2 Å². The number of nitrogens with zero attached hydrogens (tertiary/aromatic N) is 4. The third-order valence-corrected chi connectivity index (χ3v) is 4.28. The fraction of sp³-hybridized carbons (Fsp3) is 0.625. The minimum Gasteiger partial charge on any atom is -0.483 e. The van der Waals surface area contributed by atoms with E-state index in [-0.39, 0.29) is 24.8 Å². The van der Waals surface area contributed by atoms with Gasteiger partial charge in [0.25, 0.3) is 6.47 Å². The Hall–Kier alpha value is -2.38. The van der Waals surface area contributed by atoms with Gasteiger partial charge in [-0.3, -0.25) is 14.4 Å². The van der Waals surface area contributed by atoms with Crippen LogP contribution in [0.15, 0.2) is 12.4 Å². The van der Waals surface area contributed by atoms with E-state index in [1.165, 1.54) is 12.8 Å². The highest BCUT2D eigenvalue weighted by Crippen LogP contribution is 2.35. The Balaban J connectivity index is 0.000000647. The summed E-state index contributed by atoms with van der Waals surface area (Å²) in [7, 11) is 0. The second kappa shape index (κ2) is 7.94. The number of carbonyl (C=O) groups excluding carboxylic acids is 2. The second-order valence-corrected chi connectivity index (χ2v) is 6.04. The fourth-order valence-electron chi connectivity index (χ4n) is 2.93. The molecule has 1 aliphatic carbocycles. The lowest BCUT2D eigenvalue weighted by Crippen LogP contribution is -2.58. The van der Waals surface area contributed by atoms with Gasteiger partial charge in [0, 0.05) is 25.0 Å². The van der Waals surface area contributed by atoms with Gasteiger partial charge in [-0.15, -0.1) is 0 Å². The summed E-state index contributed by atoms with van der Waals surface area (Å²) < 4.78 is 2.14. The molecule has 3 rings (SSSR count). The van der Waals surface area contributed by atoms with Gasteiger partial charge in [-0.25, -0.2) is 4.98 Å². The lowest BCUT2D eigenvalue weighted by molar-refractivity contribution is -0.155. The molecule has 24 heavy (non-hydrogen) atoms. The van der Waals surface area contributed by atoms with Crippen molar-refractivity contribution in [3.63, 3.8) is 0 Å². The Bertz CT molecular complexity index is 597. The van der Waals surface area contributed by atoms with Crippen LogP contribution in [0.3, 0.4) is 0 Å². The fourth-order valence-corrected chi connectivity index (χ4v) is 2.93. The topological polar surface area (TPSA) is 95.7 Å². The lowest BCUT2D eigenvalue weighted by Gasteiger charge is -2.38. The smallest absolute Gasteiger partial charge is 0.290 e. The van der Waals surface area contributed by atoms with Crippen LogP contribution in [-0.4, -0.2) is 61.9 Å². The highest BCUT2D eigenvalue weighted by atomic mass is 16.3. The minimum atomic E-state index is -0.401. The van der Waals surface area contributed by atoms with Gasteiger partial charge < -0.3 is 19.5 Å². The van der Waals surface area contributed by atoms with E-state index < -0.39 is 6.04 Å². The van der Waals surface area contributed by atoms with Gasteiger partial charge in [0.2, 0.25) is 11.8 Å². The molecule has 1 aromatic heterocycles. The zero-order valence-electron chi connectivity index (χ0n) is 14.1. The van der Waals surface area contributed by atoms with Crippen LogP contribution in [0.2, 0.25) is 0 Å². The van der Waals surface area contributed by atoms with Crippen LogP contribution in [0.25, 0.3) is 0 Å². The normalized spacial score (nSPS) is 20.7. The van der Waals surface area contributed by atoms with E-state index in [4.69, 9.17) is 9.90 Å². The van der Waals surface area contributed by atoms with E-state index in [9.17, 15) is 9.59 Å². The number of piperazine rings is 1. The van der Waals surface area contributed by atoms with Crippen LogP contribution in [-0.2, 0) is 20.9 Å². The van der Waals surface area contributed by atoms with Gasteiger partial charge in [-0.2, -0.15) is 0 Å². The molecular formula is C16H24N4O4. The predicted octanol–water partition coefficient (Wildman–Crippen LogP) is 0.888. The molecule has 1 saturated heterocycles. The van der Waals surface area contributed by atoms with E-state index >= 15 is 0 Å². The lowest BCUT2D eigenvalue weighted by atomic mass is 10.1. The predicted molar refractivity (Wildman–Crippen MR) is 86.1 cm³/mol. The van der Waals surface area contributed by atoms with Crippen LogP contribution >= 0.6 is 0 Å². The molecule has 1 N–H and O–H groups in total. The zero-order valence-corrected chi connectivity index (χ0v) is 14.1. The number of rotatable bonds is 5. The van der Waals surface area contributed by atoms with E-state index in [0.29, 0.717) is 19.1 Å². The van der Waals surface area contributed by atoms with Crippen molar-refractivity contribution in [2.45, 2.75) is 51.7 Å². The standard InChI is InChI=1S/C15H22N4O2.CH2O2/c1-3-7-17-10-14(20)19(11(2)15(17)21)9-13-16-6-8-18(13)12-4-5-12;2-1-3/h6,8,11-12H,3-5,7,9-10H2,1-2H3;1H,(H,2,3)/t11-;/m1./s1. The summed E-state index contributed by atoms with van der Waals surface area (Å²) in [5.74, 6) is 0.941. The van der Waals surface area contributed by atoms with Crippen molar-refractivity contribution < 1.29 is 19.5 Å². The molecule has 0 bridgehead atoms. The average molecular weight is 336 g/mol. The van der Waals surface area contributed by atoms with Crippen molar-refractivity contribution in [1.29, 1.82) is 0 Å². The molecule has 1 aromatic rings. The second-order valence-electron chi connectivity index (χ2n) is 6.04. The summed E-state index contributed by atoms with van der Waals surface area (Å²) in [4.78, 5) is 40.7. The molecule has 8 nitrogen and oxygen atoms in total. The first-order chi connectivity index (χ1) is 11.5. The SMILES string of the molecule is CCCN1CC(=O)N(Cc2nccn2C2CC2)[C@H](C)C1=O.O=CO. The van der Waals surface area contributed by atoms with Gasteiger partial charge in [-0.1, -0.05) is 6.92 Å². The number of amides is 2. The number of imidazole rings is 1. The van der Waals surface area contributed by atoms with Crippen LogP contribution in [0.4, 0.5) is 0 Å². The number of aromatic nitrogens is 2. The molecule has 0 unspecified atom stereocenters. The van der Waals surface area contributed by atoms with Crippen molar-refractivity contribution in [3.05, 3.63) is 18.2 Å². The first-order valence-electron chi connectivity index (χ1n) is 8.21. The molecule has 0 spiro atoms. The van der Waals surface area contributed by atoms with E-state index in [0.717, 1.165) is 12.2 Å². The average Bonchev–Trinajstić information content (AvgIpc) is 3.29. The van der Waals surface area contributed by atoms with Gasteiger partial charge >= 0.3 is 0 Å². The summed E-state index contributed by atoms with van der Waals surface area (Å²) in [5, 5.41) is 6.89. The zero-order chi connectivity index (χ0) is 17.7. The van der Waals surface area contributed by atoms with Gasteiger partial charge in [0.15, 0.2) is 0 Å². The van der Waals surface area contributed by atoms with Crippen LogP contribution in [0.5, 0.6) is 0 Å². The summed E-state index contributed by atoms with van der Waals surface area (Å²) >= 11 is 0. The highest BCUT2D eigenvalue weighted by Gasteiger charge is 2.37. The van der Waals surface area contributed by atoms with Crippen LogP contribution in [0, 0.1) is 0 Å². The Morgan fingerprint density at radius 1 is 1.38 bits per heavy atom. The van der Waals surface area contributed by atoms with Crippen molar-refractivity contribution in [2.75, 3.05) is 13.1 Å². The molecule has 0 aromatic carbocycles. The maximum absolute atomic E-state index is 12.4. The molecule has 2 fully saturated rings. The Morgan fingerprint density at radius 3 is 2.62 bits per heavy atom. The molecule has 2 amide bonds. The maximum atomic E-state index is 12.4. The molecule has 0 radical (unpaired) electrons. The first kappa shape index (κ1) is 18.0. The quantitative estimate of drug-likeness (QED) is 0.806. The largest absolute Gasteiger partial charge is 0.483 e. The molecular weight excluding hydrogens is 312 g/mol. The van der Waals surface area contributed by atoms with Crippen molar-refractivity contribution in [2.24, 2.45) is 0 Å². The molecule has 1 atom stereocenters. The van der Waals surface area contributed by atoms with Crippen LogP contribution in [0.1, 0.15) is 45.0 Å². The number of hydrogen-bond donors (Lipinski definition) is 1. The molecule has 1 saturated carbocycles. The molecule has 2 aliphatic rings. The number of carboxylic acid groups (broad SMARTS) is 1. The Labute approximate surface area is 141 Å². The molecule has 1 aliphatic heterocycles. The minimum absolute atomic E-state index is 0.0147. The highest BCUT2D eigenvalue weighted by molar-refractivity contribution is 5.94. The Morgan fingerprint density at radius 2 is 2.04 bits per heavy atom. The van der Waals surface area contributed by atoms with Crippen molar-refractivity contribution in [1.82, 2.24) is 19.4 Å². The monoisotopic (exact) mass is 336 g/mol. The Kier molecular flexibility index (Phi) is 5.94. The third kappa shape index (κ3) is 3.93. The maximum Gasteiger partial charge on any atom is 0.290 e. The van der Waals surface area contributed by atoms with E-state index in [1.54, 1.807) is 16.0 Å². The number of carbonyl (C=O) groups is 3. The van der Waals surface area contributed by atoms with Crippen molar-refractivity contribution in [3.8, 4) is 0 Å². The van der Waals surface area contributed by atoms with E-state index in [1.807, 2.05) is 20.0 Å². The van der Waals surface area contributed by atoms with Crippen molar-refractivity contribution >= 4 is 18.3 Å². The number of hydrogen-bond acceptors (Lipinski definition) is 4. The summed E-state index contributed by atoms with van der Waals surface area (Å²) in [6, 6.07) is 0.132. The third-order valence-electron chi connectivity index (χ3n) is 4.28. The summed E-state index contributed by atoms with van der Waals surface area (Å²) in [6.45, 7) is 4.85. The van der Waals surface area contributed by atoms with Crippen LogP contribution < -0.4 is 0 Å². The molecule has 2 heterocycles. The molecule has 8 heteroatoms. The summed E-state index contributed by atoms with van der Waals surface area (Å²) in [6.07, 6.45) is 6.97. The van der Waals surface area contributed by atoms with Gasteiger partial charge in [0.1, 0.15) is 11.9 Å². The van der Waals surface area contributed by atoms with E-state index in [2.05, 4.69) is 9.55 Å². The summed E-state index contributed by atoms with van der Waals surface area (Å²) in [5.41, 5.74) is 0.